The number of carbonyl (C=O) groups is 1. The largest absolute Gasteiger partial charge is 0.491 e. The zero-order valence-corrected chi connectivity index (χ0v) is 13.2. The van der Waals surface area contributed by atoms with Gasteiger partial charge in [0.25, 0.3) is 0 Å². The van der Waals surface area contributed by atoms with Gasteiger partial charge in [-0.05, 0) is 25.6 Å². The van der Waals surface area contributed by atoms with Gasteiger partial charge >= 0.3 is 0 Å². The predicted molar refractivity (Wildman–Crippen MR) is 86.9 cm³/mol. The molecule has 2 fully saturated rings. The minimum Gasteiger partial charge on any atom is -0.491 e. The molecule has 5 nitrogen and oxygen atoms in total. The van der Waals surface area contributed by atoms with E-state index >= 15 is 0 Å². The number of ether oxygens (including phenoxy) is 1. The van der Waals surface area contributed by atoms with Gasteiger partial charge in [-0.15, -0.1) is 0 Å². The third kappa shape index (κ3) is 2.33. The maximum absolute atomic E-state index is 12.1. The third-order valence-electron chi connectivity index (χ3n) is 4.98. The number of hydrogen-bond donors (Lipinski definition) is 0. The first-order chi connectivity index (χ1) is 10.7. The van der Waals surface area contributed by atoms with E-state index in [1.54, 1.807) is 0 Å². The van der Waals surface area contributed by atoms with Crippen molar-refractivity contribution in [3.8, 4) is 5.75 Å². The quantitative estimate of drug-likeness (QED) is 0.829. The van der Waals surface area contributed by atoms with Gasteiger partial charge in [-0.2, -0.15) is 0 Å². The third-order valence-corrected chi connectivity index (χ3v) is 4.98. The summed E-state index contributed by atoms with van der Waals surface area (Å²) < 4.78 is 5.90. The summed E-state index contributed by atoms with van der Waals surface area (Å²) in [6.45, 7) is 5.78. The van der Waals surface area contributed by atoms with Gasteiger partial charge in [0.2, 0.25) is 5.91 Å². The summed E-state index contributed by atoms with van der Waals surface area (Å²) in [5.41, 5.74) is 3.49. The normalized spacial score (nSPS) is 22.1. The molecule has 0 aliphatic carbocycles. The molecule has 0 saturated carbocycles. The fourth-order valence-electron chi connectivity index (χ4n) is 3.63. The Morgan fingerprint density at radius 2 is 1.86 bits per heavy atom. The second-order valence-corrected chi connectivity index (χ2v) is 6.49. The van der Waals surface area contributed by atoms with Crippen molar-refractivity contribution in [2.45, 2.75) is 19.3 Å². The fraction of sp³-hybridized carbons (Fsp3) is 0.588. The molecule has 4 rings (SSSR count). The number of nitrogens with zero attached hydrogens (tertiary/aromatic N) is 3. The summed E-state index contributed by atoms with van der Waals surface area (Å²) >= 11 is 0. The van der Waals surface area contributed by atoms with E-state index in [1.165, 1.54) is 11.3 Å². The van der Waals surface area contributed by atoms with Crippen LogP contribution in [0.3, 0.4) is 0 Å². The lowest BCUT2D eigenvalue weighted by Crippen LogP contribution is -2.44. The molecule has 1 aromatic rings. The van der Waals surface area contributed by atoms with Crippen molar-refractivity contribution in [1.82, 2.24) is 4.90 Å². The van der Waals surface area contributed by atoms with Gasteiger partial charge in [0.05, 0.1) is 12.3 Å². The molecule has 0 N–H and O–H groups in total. The molecule has 0 aromatic heterocycles. The SMILES string of the molecule is CN1CCN(c2cc(N3CCCC3=O)cc3c2OCC3)CC1. The van der Waals surface area contributed by atoms with Gasteiger partial charge in [0, 0.05) is 56.8 Å². The van der Waals surface area contributed by atoms with Crippen LogP contribution in [0.15, 0.2) is 12.1 Å². The lowest BCUT2D eigenvalue weighted by molar-refractivity contribution is -0.117. The first-order valence-corrected chi connectivity index (χ1v) is 8.26. The van der Waals surface area contributed by atoms with E-state index < -0.39 is 0 Å². The standard InChI is InChI=1S/C17H23N3O2/c1-18-6-8-19(9-7-18)15-12-14(20-5-2-3-16(20)21)11-13-4-10-22-17(13)15/h11-12H,2-10H2,1H3. The van der Waals surface area contributed by atoms with Crippen LogP contribution in [0.25, 0.3) is 0 Å². The number of anilines is 2. The fourth-order valence-corrected chi connectivity index (χ4v) is 3.63. The number of carbonyl (C=O) groups excluding carboxylic acids is 1. The first-order valence-electron chi connectivity index (χ1n) is 8.26. The van der Waals surface area contributed by atoms with Crippen LogP contribution in [-0.2, 0) is 11.2 Å². The Morgan fingerprint density at radius 3 is 2.59 bits per heavy atom. The van der Waals surface area contributed by atoms with Crippen LogP contribution < -0.4 is 14.5 Å². The van der Waals surface area contributed by atoms with Gasteiger partial charge < -0.3 is 19.4 Å². The van der Waals surface area contributed by atoms with E-state index in [0.717, 1.165) is 63.6 Å². The molecule has 0 bridgehead atoms. The zero-order valence-electron chi connectivity index (χ0n) is 13.2. The highest BCUT2D eigenvalue weighted by atomic mass is 16.5. The Kier molecular flexibility index (Phi) is 3.45. The molecule has 3 aliphatic heterocycles. The summed E-state index contributed by atoms with van der Waals surface area (Å²) in [4.78, 5) is 18.8. The average Bonchev–Trinajstić information content (AvgIpc) is 3.15. The van der Waals surface area contributed by atoms with Crippen molar-refractivity contribution in [1.29, 1.82) is 0 Å². The van der Waals surface area contributed by atoms with E-state index in [9.17, 15) is 4.79 Å². The second-order valence-electron chi connectivity index (χ2n) is 6.49. The Bertz CT molecular complexity index is 594. The minimum absolute atomic E-state index is 0.253. The van der Waals surface area contributed by atoms with Crippen molar-refractivity contribution in [2.24, 2.45) is 0 Å². The van der Waals surface area contributed by atoms with Gasteiger partial charge in [-0.25, -0.2) is 0 Å². The number of likely N-dealkylation sites (N-methyl/N-ethyl adjacent to an activating group) is 1. The molecule has 118 valence electrons. The Labute approximate surface area is 131 Å². The van der Waals surface area contributed by atoms with Crippen LogP contribution in [0.5, 0.6) is 5.75 Å². The highest BCUT2D eigenvalue weighted by Gasteiger charge is 2.28. The van der Waals surface area contributed by atoms with Gasteiger partial charge in [-0.1, -0.05) is 0 Å². The molecular formula is C17H23N3O2. The average molecular weight is 301 g/mol. The molecule has 0 radical (unpaired) electrons. The molecule has 22 heavy (non-hydrogen) atoms. The topological polar surface area (TPSA) is 36.0 Å². The van der Waals surface area contributed by atoms with Crippen LogP contribution in [-0.4, -0.2) is 57.2 Å². The molecular weight excluding hydrogens is 278 g/mol. The molecule has 0 atom stereocenters. The van der Waals surface area contributed by atoms with Crippen molar-refractivity contribution >= 4 is 17.3 Å². The Morgan fingerprint density at radius 1 is 1.05 bits per heavy atom. The van der Waals surface area contributed by atoms with Crippen LogP contribution in [0, 0.1) is 0 Å². The number of amides is 1. The smallest absolute Gasteiger partial charge is 0.227 e. The van der Waals surface area contributed by atoms with Gasteiger partial charge in [0.1, 0.15) is 5.75 Å². The number of benzene rings is 1. The number of fused-ring (bicyclic) bond motifs is 1. The Hall–Kier alpha value is -1.75. The number of rotatable bonds is 2. The summed E-state index contributed by atoms with van der Waals surface area (Å²) in [6, 6.07) is 4.32. The predicted octanol–water partition coefficient (Wildman–Crippen LogP) is 1.50. The highest BCUT2D eigenvalue weighted by Crippen LogP contribution is 2.41. The van der Waals surface area contributed by atoms with Crippen LogP contribution >= 0.6 is 0 Å². The maximum atomic E-state index is 12.1. The Balaban J connectivity index is 1.70. The monoisotopic (exact) mass is 301 g/mol. The van der Waals surface area contributed by atoms with Crippen LogP contribution in [0.1, 0.15) is 18.4 Å². The highest BCUT2D eigenvalue weighted by molar-refractivity contribution is 5.96. The number of hydrogen-bond acceptors (Lipinski definition) is 4. The first kappa shape index (κ1) is 13.9. The summed E-state index contributed by atoms with van der Waals surface area (Å²) in [5.74, 6) is 1.29. The lowest BCUT2D eigenvalue weighted by atomic mass is 10.1. The van der Waals surface area contributed by atoms with Crippen LogP contribution in [0.4, 0.5) is 11.4 Å². The molecule has 0 spiro atoms. The summed E-state index contributed by atoms with van der Waals surface area (Å²) in [6.07, 6.45) is 2.60. The van der Waals surface area contributed by atoms with Crippen LogP contribution in [0.2, 0.25) is 0 Å². The number of piperazine rings is 1. The molecule has 3 heterocycles. The van der Waals surface area contributed by atoms with Gasteiger partial charge in [-0.3, -0.25) is 4.79 Å². The van der Waals surface area contributed by atoms with E-state index in [4.69, 9.17) is 4.74 Å². The molecule has 5 heteroatoms. The zero-order chi connectivity index (χ0) is 15.1. The van der Waals surface area contributed by atoms with Crippen molar-refractivity contribution in [3.05, 3.63) is 17.7 Å². The summed E-state index contributed by atoms with van der Waals surface area (Å²) in [5, 5.41) is 0. The minimum atomic E-state index is 0.253. The van der Waals surface area contributed by atoms with E-state index in [1.807, 2.05) is 4.90 Å². The molecule has 0 unspecified atom stereocenters. The lowest BCUT2D eigenvalue weighted by Gasteiger charge is -2.35. The van der Waals surface area contributed by atoms with E-state index in [2.05, 4.69) is 29.0 Å². The maximum Gasteiger partial charge on any atom is 0.227 e. The molecule has 2 saturated heterocycles. The van der Waals surface area contributed by atoms with Crippen molar-refractivity contribution < 1.29 is 9.53 Å². The van der Waals surface area contributed by atoms with E-state index in [0.29, 0.717) is 6.42 Å². The van der Waals surface area contributed by atoms with Gasteiger partial charge in [0.15, 0.2) is 0 Å². The molecule has 1 aromatic carbocycles. The molecule has 1 amide bonds. The van der Waals surface area contributed by atoms with E-state index in [-0.39, 0.29) is 5.91 Å². The van der Waals surface area contributed by atoms with Crippen molar-refractivity contribution in [3.63, 3.8) is 0 Å². The second kappa shape index (κ2) is 5.47. The summed E-state index contributed by atoms with van der Waals surface area (Å²) in [7, 11) is 2.16. The van der Waals surface area contributed by atoms with Crippen molar-refractivity contribution in [2.75, 3.05) is 56.2 Å². The molecule has 3 aliphatic rings.